The van der Waals surface area contributed by atoms with Crippen LogP contribution in [0.2, 0.25) is 0 Å². The number of H-pyrrole nitrogens is 1. The van der Waals surface area contributed by atoms with E-state index in [0.717, 1.165) is 9.44 Å². The number of hydrogen-bond acceptors (Lipinski definition) is 5. The molecular weight excluding hydrogens is 318 g/mol. The largest absolute Gasteiger partial charge is 0.328 e. The van der Waals surface area contributed by atoms with Crippen LogP contribution in [-0.2, 0) is 6.54 Å². The molecule has 1 N–H and O–H groups in total. The smallest absolute Gasteiger partial charge is 0.313 e. The lowest BCUT2D eigenvalue weighted by Crippen LogP contribution is -2.35. The van der Waals surface area contributed by atoms with Crippen molar-refractivity contribution in [1.82, 2.24) is 9.55 Å². The van der Waals surface area contributed by atoms with Crippen LogP contribution >= 0.6 is 11.3 Å². The van der Waals surface area contributed by atoms with Gasteiger partial charge < -0.3 is 4.98 Å². The Balaban J connectivity index is 2.00. The van der Waals surface area contributed by atoms with Gasteiger partial charge in [-0.05, 0) is 17.0 Å². The van der Waals surface area contributed by atoms with Crippen LogP contribution < -0.4 is 11.2 Å². The highest BCUT2D eigenvalue weighted by molar-refractivity contribution is 7.13. The molecule has 0 spiro atoms. The van der Waals surface area contributed by atoms with E-state index < -0.39 is 16.2 Å². The van der Waals surface area contributed by atoms with Gasteiger partial charge in [0.05, 0.1) is 17.0 Å². The lowest BCUT2D eigenvalue weighted by Gasteiger charge is -2.06. The number of nitro groups is 1. The zero-order valence-electron chi connectivity index (χ0n) is 11.8. The Bertz CT molecular complexity index is 956. The van der Waals surface area contributed by atoms with E-state index in [-0.39, 0.29) is 12.2 Å². The third-order valence-electron chi connectivity index (χ3n) is 3.34. The van der Waals surface area contributed by atoms with E-state index in [1.807, 2.05) is 11.4 Å². The molecule has 8 heteroatoms. The van der Waals surface area contributed by atoms with Crippen molar-refractivity contribution in [1.29, 1.82) is 0 Å². The molecule has 0 aliphatic carbocycles. The fourth-order valence-electron chi connectivity index (χ4n) is 2.17. The van der Waals surface area contributed by atoms with Crippen molar-refractivity contribution in [3.63, 3.8) is 0 Å². The molecule has 2 heterocycles. The first-order valence-electron chi connectivity index (χ1n) is 6.66. The summed E-state index contributed by atoms with van der Waals surface area (Å²) in [6, 6.07) is 9.38. The predicted octanol–water partition coefficient (Wildman–Crippen LogP) is 2.22. The van der Waals surface area contributed by atoms with Gasteiger partial charge in [-0.3, -0.25) is 19.5 Å². The van der Waals surface area contributed by atoms with Crippen LogP contribution in [0.5, 0.6) is 0 Å². The van der Waals surface area contributed by atoms with Crippen molar-refractivity contribution in [3.05, 3.63) is 84.5 Å². The monoisotopic (exact) mass is 329 g/mol. The van der Waals surface area contributed by atoms with Crippen LogP contribution in [-0.4, -0.2) is 14.5 Å². The second-order valence-corrected chi connectivity index (χ2v) is 5.75. The Morgan fingerprint density at radius 1 is 1.17 bits per heavy atom. The van der Waals surface area contributed by atoms with Gasteiger partial charge in [0.25, 0.3) is 11.2 Å². The maximum absolute atomic E-state index is 12.5. The Hall–Kier alpha value is -3.00. The summed E-state index contributed by atoms with van der Waals surface area (Å²) in [7, 11) is 0. The van der Waals surface area contributed by atoms with Crippen molar-refractivity contribution < 1.29 is 4.92 Å². The van der Waals surface area contributed by atoms with Gasteiger partial charge in [0.15, 0.2) is 0 Å². The lowest BCUT2D eigenvalue weighted by atomic mass is 10.2. The molecule has 0 bridgehead atoms. The summed E-state index contributed by atoms with van der Waals surface area (Å²) in [5, 5.41) is 12.5. The summed E-state index contributed by atoms with van der Waals surface area (Å²) in [5.41, 5.74) is 0.0959. The molecule has 2 aromatic heterocycles. The predicted molar refractivity (Wildman–Crippen MR) is 86.8 cm³/mol. The second-order valence-electron chi connectivity index (χ2n) is 4.80. The van der Waals surface area contributed by atoms with Crippen molar-refractivity contribution >= 4 is 17.0 Å². The molecule has 3 rings (SSSR count). The molecule has 1 aromatic carbocycles. The minimum atomic E-state index is -0.520. The third kappa shape index (κ3) is 2.97. The van der Waals surface area contributed by atoms with Crippen molar-refractivity contribution in [3.8, 4) is 10.4 Å². The van der Waals surface area contributed by atoms with Crippen LogP contribution in [0.25, 0.3) is 10.4 Å². The maximum atomic E-state index is 12.5. The second kappa shape index (κ2) is 6.01. The van der Waals surface area contributed by atoms with Gasteiger partial charge in [-0.1, -0.05) is 18.2 Å². The summed E-state index contributed by atoms with van der Waals surface area (Å²) in [6.07, 6.45) is 1.41. The molecule has 116 valence electrons. The summed E-state index contributed by atoms with van der Waals surface area (Å²) in [4.78, 5) is 37.9. The number of nitro benzene ring substituents is 1. The van der Waals surface area contributed by atoms with E-state index in [1.165, 1.54) is 41.8 Å². The SMILES string of the molecule is O=c1[nH]cc(-c2cccs2)c(=O)n1Cc1ccc([N+](=O)[O-])cc1. The molecular formula is C15H11N3O4S. The van der Waals surface area contributed by atoms with E-state index in [9.17, 15) is 19.7 Å². The Labute approximate surface area is 133 Å². The van der Waals surface area contributed by atoms with Gasteiger partial charge in [-0.2, -0.15) is 0 Å². The number of aromatic nitrogens is 2. The highest BCUT2D eigenvalue weighted by Gasteiger charge is 2.11. The van der Waals surface area contributed by atoms with Gasteiger partial charge in [-0.25, -0.2) is 4.79 Å². The minimum Gasteiger partial charge on any atom is -0.313 e. The molecule has 0 amide bonds. The van der Waals surface area contributed by atoms with Crippen molar-refractivity contribution in [2.45, 2.75) is 6.54 Å². The first kappa shape index (κ1) is 14.9. The average molecular weight is 329 g/mol. The number of aromatic amines is 1. The standard InChI is InChI=1S/C15H11N3O4S/c19-14-12(13-2-1-7-23-13)8-16-15(20)17(14)9-10-3-5-11(6-4-10)18(21)22/h1-8H,9H2,(H,16,20). The number of nitrogens with zero attached hydrogens (tertiary/aromatic N) is 2. The Morgan fingerprint density at radius 3 is 2.52 bits per heavy atom. The van der Waals surface area contributed by atoms with Crippen LogP contribution in [0.3, 0.4) is 0 Å². The van der Waals surface area contributed by atoms with Crippen LogP contribution in [0, 0.1) is 10.1 Å². The quantitative estimate of drug-likeness (QED) is 0.586. The molecule has 0 radical (unpaired) electrons. The van der Waals surface area contributed by atoms with Gasteiger partial charge in [0, 0.05) is 23.2 Å². The molecule has 0 aliphatic heterocycles. The van der Waals surface area contributed by atoms with Gasteiger partial charge in [-0.15, -0.1) is 11.3 Å². The van der Waals surface area contributed by atoms with Gasteiger partial charge >= 0.3 is 5.69 Å². The van der Waals surface area contributed by atoms with E-state index >= 15 is 0 Å². The van der Waals surface area contributed by atoms with E-state index in [1.54, 1.807) is 6.07 Å². The number of benzene rings is 1. The fourth-order valence-corrected chi connectivity index (χ4v) is 2.90. The van der Waals surface area contributed by atoms with Crippen molar-refractivity contribution in [2.75, 3.05) is 0 Å². The zero-order chi connectivity index (χ0) is 16.4. The van der Waals surface area contributed by atoms with Gasteiger partial charge in [0.1, 0.15) is 0 Å². The first-order valence-corrected chi connectivity index (χ1v) is 7.54. The molecule has 0 unspecified atom stereocenters. The molecule has 0 saturated carbocycles. The van der Waals surface area contributed by atoms with Crippen LogP contribution in [0.1, 0.15) is 5.56 Å². The number of non-ortho nitro benzene ring substituents is 1. The fraction of sp³-hybridized carbons (Fsp3) is 0.0667. The molecule has 7 nitrogen and oxygen atoms in total. The first-order chi connectivity index (χ1) is 11.1. The topological polar surface area (TPSA) is 98.0 Å². The number of hydrogen-bond donors (Lipinski definition) is 1. The van der Waals surface area contributed by atoms with Crippen LogP contribution in [0.15, 0.2) is 57.6 Å². The van der Waals surface area contributed by atoms with E-state index in [0.29, 0.717) is 11.1 Å². The Morgan fingerprint density at radius 2 is 1.91 bits per heavy atom. The number of thiophene rings is 1. The molecule has 0 saturated heterocycles. The highest BCUT2D eigenvalue weighted by Crippen LogP contribution is 2.20. The molecule has 23 heavy (non-hydrogen) atoms. The summed E-state index contributed by atoms with van der Waals surface area (Å²) >= 11 is 1.41. The van der Waals surface area contributed by atoms with Crippen molar-refractivity contribution in [2.24, 2.45) is 0 Å². The molecule has 0 aliphatic rings. The summed E-state index contributed by atoms with van der Waals surface area (Å²) in [6.45, 7) is 0.0470. The normalized spacial score (nSPS) is 10.6. The molecule has 0 atom stereocenters. The lowest BCUT2D eigenvalue weighted by molar-refractivity contribution is -0.384. The van der Waals surface area contributed by atoms with E-state index in [4.69, 9.17) is 0 Å². The molecule has 0 fully saturated rings. The summed E-state index contributed by atoms with van der Waals surface area (Å²) < 4.78 is 1.08. The van der Waals surface area contributed by atoms with E-state index in [2.05, 4.69) is 4.98 Å². The number of rotatable bonds is 4. The molecule has 3 aromatic rings. The minimum absolute atomic E-state index is 0.0395. The third-order valence-corrected chi connectivity index (χ3v) is 4.24. The summed E-state index contributed by atoms with van der Waals surface area (Å²) in [5.74, 6) is 0. The number of nitrogens with one attached hydrogen (secondary N) is 1. The maximum Gasteiger partial charge on any atom is 0.328 e. The van der Waals surface area contributed by atoms with Gasteiger partial charge in [0.2, 0.25) is 0 Å². The highest BCUT2D eigenvalue weighted by atomic mass is 32.1. The average Bonchev–Trinajstić information content (AvgIpc) is 3.06. The Kier molecular flexibility index (Phi) is 3.90. The zero-order valence-corrected chi connectivity index (χ0v) is 12.6. The van der Waals surface area contributed by atoms with Crippen LogP contribution in [0.4, 0.5) is 5.69 Å².